The summed E-state index contributed by atoms with van der Waals surface area (Å²) in [5, 5.41) is 4.71. The minimum atomic E-state index is -0.853. The molecule has 0 bridgehead atoms. The zero-order chi connectivity index (χ0) is 22.3. The third-order valence-electron chi connectivity index (χ3n) is 5.40. The summed E-state index contributed by atoms with van der Waals surface area (Å²) in [6.07, 6.45) is 0.220. The SMILES string of the molecule is C[C@@H]1CN(c2cc(F)c(Cl)c(F)c2)CCN1C(=O)C(=O)Nc1ccc2c(c1)CC(=O)N2. The van der Waals surface area contributed by atoms with E-state index in [9.17, 15) is 23.2 Å². The molecule has 0 unspecified atom stereocenters. The number of hydrogen-bond acceptors (Lipinski definition) is 4. The van der Waals surface area contributed by atoms with Crippen molar-refractivity contribution < 1.29 is 23.2 Å². The molecule has 1 saturated heterocycles. The third-order valence-corrected chi connectivity index (χ3v) is 5.77. The van der Waals surface area contributed by atoms with Crippen molar-refractivity contribution >= 4 is 46.4 Å². The molecule has 31 heavy (non-hydrogen) atoms. The van der Waals surface area contributed by atoms with Crippen LogP contribution >= 0.6 is 11.6 Å². The molecular formula is C21H19ClF2N4O3. The Morgan fingerprint density at radius 1 is 1.16 bits per heavy atom. The summed E-state index contributed by atoms with van der Waals surface area (Å²) in [7, 11) is 0. The summed E-state index contributed by atoms with van der Waals surface area (Å²) in [4.78, 5) is 39.8. The highest BCUT2D eigenvalue weighted by Gasteiger charge is 2.32. The van der Waals surface area contributed by atoms with E-state index >= 15 is 0 Å². The van der Waals surface area contributed by atoms with Crippen LogP contribution in [-0.2, 0) is 20.8 Å². The molecule has 2 aromatic carbocycles. The second kappa shape index (κ2) is 8.14. The summed E-state index contributed by atoms with van der Waals surface area (Å²) in [6, 6.07) is 6.87. The molecule has 1 fully saturated rings. The predicted molar refractivity (Wildman–Crippen MR) is 112 cm³/mol. The lowest BCUT2D eigenvalue weighted by molar-refractivity contribution is -0.144. The van der Waals surface area contributed by atoms with Crippen molar-refractivity contribution in [1.82, 2.24) is 4.90 Å². The standard InChI is InChI=1S/C21H19ClF2N4O3/c1-11-10-27(14-8-15(23)19(22)16(24)9-14)4-5-28(11)21(31)20(30)25-13-2-3-17-12(6-13)7-18(29)26-17/h2-3,6,8-9,11H,4-5,7,10H2,1H3,(H,25,30)(H,26,29)/t11-/m1/s1. The summed E-state index contributed by atoms with van der Waals surface area (Å²) in [5.41, 5.74) is 2.19. The van der Waals surface area contributed by atoms with Crippen LogP contribution in [0, 0.1) is 11.6 Å². The van der Waals surface area contributed by atoms with Crippen molar-refractivity contribution in [1.29, 1.82) is 0 Å². The minimum absolute atomic E-state index is 0.123. The smallest absolute Gasteiger partial charge is 0.313 e. The first kappa shape index (κ1) is 21.0. The number of piperazine rings is 1. The molecule has 2 aliphatic heterocycles. The normalized spacial score (nSPS) is 17.9. The van der Waals surface area contributed by atoms with Crippen LogP contribution < -0.4 is 15.5 Å². The highest BCUT2D eigenvalue weighted by molar-refractivity contribution is 6.39. The molecule has 2 N–H and O–H groups in total. The number of nitrogens with zero attached hydrogens (tertiary/aromatic N) is 2. The molecule has 0 spiro atoms. The van der Waals surface area contributed by atoms with Gasteiger partial charge in [-0.25, -0.2) is 8.78 Å². The number of nitrogens with one attached hydrogen (secondary N) is 2. The largest absolute Gasteiger partial charge is 0.368 e. The van der Waals surface area contributed by atoms with E-state index in [-0.39, 0.29) is 24.9 Å². The summed E-state index contributed by atoms with van der Waals surface area (Å²) < 4.78 is 27.6. The lowest BCUT2D eigenvalue weighted by Gasteiger charge is -2.40. The first-order valence-corrected chi connectivity index (χ1v) is 10.0. The van der Waals surface area contributed by atoms with Crippen LogP contribution in [0.25, 0.3) is 0 Å². The fourth-order valence-electron chi connectivity index (χ4n) is 3.84. The van der Waals surface area contributed by atoms with E-state index < -0.39 is 28.5 Å². The van der Waals surface area contributed by atoms with Crippen LogP contribution in [0.5, 0.6) is 0 Å². The Kier molecular flexibility index (Phi) is 5.53. The number of carbonyl (C=O) groups is 3. The monoisotopic (exact) mass is 448 g/mol. The highest BCUT2D eigenvalue weighted by Crippen LogP contribution is 2.28. The first-order chi connectivity index (χ1) is 14.7. The van der Waals surface area contributed by atoms with E-state index in [4.69, 9.17) is 11.6 Å². The molecule has 1 atom stereocenters. The van der Waals surface area contributed by atoms with Crippen molar-refractivity contribution in [2.45, 2.75) is 19.4 Å². The molecule has 0 saturated carbocycles. The van der Waals surface area contributed by atoms with Crippen LogP contribution in [-0.4, -0.2) is 48.3 Å². The molecule has 2 heterocycles. The number of rotatable bonds is 2. The van der Waals surface area contributed by atoms with E-state index in [1.165, 1.54) is 4.90 Å². The van der Waals surface area contributed by atoms with Gasteiger partial charge in [-0.15, -0.1) is 0 Å². The molecule has 0 aliphatic carbocycles. The average molecular weight is 449 g/mol. The number of anilines is 3. The summed E-state index contributed by atoms with van der Waals surface area (Å²) in [5.74, 6) is -3.32. The molecule has 10 heteroatoms. The van der Waals surface area contributed by atoms with Gasteiger partial charge in [-0.05, 0) is 42.8 Å². The zero-order valence-corrected chi connectivity index (χ0v) is 17.3. The Balaban J connectivity index is 1.40. The molecule has 7 nitrogen and oxygen atoms in total. The van der Waals surface area contributed by atoms with Crippen LogP contribution in [0.1, 0.15) is 12.5 Å². The van der Waals surface area contributed by atoms with Crippen LogP contribution in [0.3, 0.4) is 0 Å². The number of fused-ring (bicyclic) bond motifs is 1. The van der Waals surface area contributed by atoms with E-state index in [1.54, 1.807) is 30.0 Å². The lowest BCUT2D eigenvalue weighted by atomic mass is 10.1. The zero-order valence-electron chi connectivity index (χ0n) is 16.5. The van der Waals surface area contributed by atoms with E-state index in [0.717, 1.165) is 17.7 Å². The Hall–Kier alpha value is -3.20. The highest BCUT2D eigenvalue weighted by atomic mass is 35.5. The third kappa shape index (κ3) is 4.18. The summed E-state index contributed by atoms with van der Waals surface area (Å²) in [6.45, 7) is 2.57. The van der Waals surface area contributed by atoms with Gasteiger partial charge in [0, 0.05) is 42.7 Å². The second-order valence-corrected chi connectivity index (χ2v) is 7.95. The van der Waals surface area contributed by atoms with Gasteiger partial charge in [-0.1, -0.05) is 11.6 Å². The second-order valence-electron chi connectivity index (χ2n) is 7.57. The molecule has 162 valence electrons. The fraction of sp³-hybridized carbons (Fsp3) is 0.286. The number of amides is 3. The fourth-order valence-corrected chi connectivity index (χ4v) is 3.95. The van der Waals surface area contributed by atoms with E-state index in [2.05, 4.69) is 10.6 Å². The van der Waals surface area contributed by atoms with Crippen molar-refractivity contribution in [3.8, 4) is 0 Å². The lowest BCUT2D eigenvalue weighted by Crippen LogP contribution is -2.56. The van der Waals surface area contributed by atoms with E-state index in [0.29, 0.717) is 30.2 Å². The van der Waals surface area contributed by atoms with Gasteiger partial charge in [0.1, 0.15) is 16.7 Å². The van der Waals surface area contributed by atoms with Crippen molar-refractivity contribution in [3.05, 3.63) is 52.6 Å². The number of benzene rings is 2. The average Bonchev–Trinajstić information content (AvgIpc) is 3.10. The number of carbonyl (C=O) groups excluding carboxylic acids is 3. The number of halogens is 3. The Labute approximate surface area is 181 Å². The minimum Gasteiger partial charge on any atom is -0.368 e. The molecule has 2 aliphatic rings. The van der Waals surface area contributed by atoms with Gasteiger partial charge in [0.25, 0.3) is 0 Å². The van der Waals surface area contributed by atoms with Crippen LogP contribution in [0.4, 0.5) is 25.8 Å². The van der Waals surface area contributed by atoms with E-state index in [1.807, 2.05) is 0 Å². The molecular weight excluding hydrogens is 430 g/mol. The number of hydrogen-bond donors (Lipinski definition) is 2. The van der Waals surface area contributed by atoms with Crippen LogP contribution in [0.15, 0.2) is 30.3 Å². The van der Waals surface area contributed by atoms with Gasteiger partial charge in [0.15, 0.2) is 0 Å². The quantitative estimate of drug-likeness (QED) is 0.547. The van der Waals surface area contributed by atoms with Crippen LogP contribution in [0.2, 0.25) is 5.02 Å². The maximum atomic E-state index is 13.8. The van der Waals surface area contributed by atoms with Gasteiger partial charge < -0.3 is 20.4 Å². The van der Waals surface area contributed by atoms with Gasteiger partial charge in [-0.2, -0.15) is 0 Å². The molecule has 0 aromatic heterocycles. The van der Waals surface area contributed by atoms with Gasteiger partial charge >= 0.3 is 11.8 Å². The maximum Gasteiger partial charge on any atom is 0.313 e. The van der Waals surface area contributed by atoms with Gasteiger partial charge in [-0.3, -0.25) is 14.4 Å². The predicted octanol–water partition coefficient (Wildman–Crippen LogP) is 2.79. The van der Waals surface area contributed by atoms with Gasteiger partial charge in [0.05, 0.1) is 6.42 Å². The van der Waals surface area contributed by atoms with Crippen molar-refractivity contribution in [2.24, 2.45) is 0 Å². The Bertz CT molecular complexity index is 1070. The molecule has 0 radical (unpaired) electrons. The Morgan fingerprint density at radius 3 is 2.55 bits per heavy atom. The Morgan fingerprint density at radius 2 is 1.87 bits per heavy atom. The molecule has 2 aromatic rings. The molecule has 3 amide bonds. The topological polar surface area (TPSA) is 81.8 Å². The first-order valence-electron chi connectivity index (χ1n) is 9.67. The van der Waals surface area contributed by atoms with Crippen molar-refractivity contribution in [3.63, 3.8) is 0 Å². The maximum absolute atomic E-state index is 13.8. The van der Waals surface area contributed by atoms with Crippen molar-refractivity contribution in [2.75, 3.05) is 35.2 Å². The molecule has 4 rings (SSSR count). The van der Waals surface area contributed by atoms with Gasteiger partial charge in [0.2, 0.25) is 5.91 Å². The summed E-state index contributed by atoms with van der Waals surface area (Å²) >= 11 is 5.54.